The zero-order valence-electron chi connectivity index (χ0n) is 9.45. The fraction of sp³-hybridized carbons (Fsp3) is 0.800. The molecule has 0 fully saturated rings. The molecule has 4 nitrogen and oxygen atoms in total. The van der Waals surface area contributed by atoms with Crippen molar-refractivity contribution in [3.8, 4) is 6.07 Å². The Kier molecular flexibility index (Phi) is 6.97. The van der Waals surface area contributed by atoms with Crippen molar-refractivity contribution in [2.75, 3.05) is 12.8 Å². The molecule has 0 bridgehead atoms. The third kappa shape index (κ3) is 5.53. The van der Waals surface area contributed by atoms with Gasteiger partial charge in [0.1, 0.15) is 5.92 Å². The van der Waals surface area contributed by atoms with Crippen LogP contribution in [-0.2, 0) is 15.6 Å². The monoisotopic (exact) mass is 230 g/mol. The van der Waals surface area contributed by atoms with Crippen LogP contribution < -0.4 is 5.32 Å². The molecule has 3 unspecified atom stereocenters. The summed E-state index contributed by atoms with van der Waals surface area (Å²) < 4.78 is 11.0. The Morgan fingerprint density at radius 1 is 1.60 bits per heavy atom. The SMILES string of the molecule is CCCC(C#N)C(=O)NCC(C)S(C)=O. The standard InChI is InChI=1S/C10H18N2O2S/c1-4-5-9(6-11)10(13)12-7-8(2)15(3)14/h8-9H,4-5,7H2,1-3H3,(H,12,13). The molecule has 1 amide bonds. The second-order valence-corrected chi connectivity index (χ2v) is 5.33. The van der Waals surface area contributed by atoms with Gasteiger partial charge in [0, 0.05) is 28.9 Å². The number of amides is 1. The Balaban J connectivity index is 4.02. The number of carbonyl (C=O) groups is 1. The summed E-state index contributed by atoms with van der Waals surface area (Å²) >= 11 is 0. The number of carbonyl (C=O) groups excluding carboxylic acids is 1. The molecule has 1 N–H and O–H groups in total. The number of hydrogen-bond acceptors (Lipinski definition) is 3. The average Bonchev–Trinajstić information content (AvgIpc) is 2.21. The summed E-state index contributed by atoms with van der Waals surface area (Å²) in [5.74, 6) is -0.829. The van der Waals surface area contributed by atoms with E-state index in [1.165, 1.54) is 0 Å². The number of nitrogens with zero attached hydrogens (tertiary/aromatic N) is 1. The van der Waals surface area contributed by atoms with Crippen LogP contribution in [0, 0.1) is 17.2 Å². The van der Waals surface area contributed by atoms with Gasteiger partial charge in [-0.1, -0.05) is 13.3 Å². The van der Waals surface area contributed by atoms with Crippen LogP contribution in [0.5, 0.6) is 0 Å². The highest BCUT2D eigenvalue weighted by atomic mass is 32.2. The molecule has 15 heavy (non-hydrogen) atoms. The van der Waals surface area contributed by atoms with Gasteiger partial charge in [0.15, 0.2) is 0 Å². The predicted octanol–water partition coefficient (Wildman–Crippen LogP) is 0.809. The molecular weight excluding hydrogens is 212 g/mol. The van der Waals surface area contributed by atoms with Gasteiger partial charge in [-0.2, -0.15) is 5.26 Å². The smallest absolute Gasteiger partial charge is 0.237 e. The largest absolute Gasteiger partial charge is 0.354 e. The Morgan fingerprint density at radius 2 is 2.20 bits per heavy atom. The zero-order chi connectivity index (χ0) is 11.8. The van der Waals surface area contributed by atoms with Crippen LogP contribution in [0.4, 0.5) is 0 Å². The highest BCUT2D eigenvalue weighted by Crippen LogP contribution is 2.04. The minimum absolute atomic E-state index is 0.0741. The van der Waals surface area contributed by atoms with Gasteiger partial charge < -0.3 is 5.32 Å². The lowest BCUT2D eigenvalue weighted by molar-refractivity contribution is -0.123. The molecule has 0 radical (unpaired) electrons. The Hall–Kier alpha value is -0.890. The van der Waals surface area contributed by atoms with Gasteiger partial charge in [-0.15, -0.1) is 0 Å². The van der Waals surface area contributed by atoms with Crippen molar-refractivity contribution >= 4 is 16.7 Å². The van der Waals surface area contributed by atoms with Crippen LogP contribution in [0.25, 0.3) is 0 Å². The maximum atomic E-state index is 11.5. The first-order chi connectivity index (χ1) is 7.02. The molecule has 0 spiro atoms. The third-order valence-corrected chi connectivity index (χ3v) is 3.48. The summed E-state index contributed by atoms with van der Waals surface area (Å²) in [4.78, 5) is 11.5. The van der Waals surface area contributed by atoms with Crippen molar-refractivity contribution in [2.24, 2.45) is 5.92 Å². The second kappa shape index (κ2) is 7.41. The Bertz CT molecular complexity index is 273. The summed E-state index contributed by atoms with van der Waals surface area (Å²) in [5, 5.41) is 11.3. The quantitative estimate of drug-likeness (QED) is 0.734. The van der Waals surface area contributed by atoms with E-state index in [-0.39, 0.29) is 11.2 Å². The Labute approximate surface area is 93.5 Å². The van der Waals surface area contributed by atoms with E-state index in [2.05, 4.69) is 5.32 Å². The van der Waals surface area contributed by atoms with Gasteiger partial charge in [0.2, 0.25) is 5.91 Å². The van der Waals surface area contributed by atoms with Crippen LogP contribution >= 0.6 is 0 Å². The van der Waals surface area contributed by atoms with Gasteiger partial charge in [-0.3, -0.25) is 9.00 Å². The van der Waals surface area contributed by atoms with Gasteiger partial charge in [0.05, 0.1) is 6.07 Å². The van der Waals surface area contributed by atoms with Crippen LogP contribution in [0.3, 0.4) is 0 Å². The number of nitriles is 1. The summed E-state index contributed by atoms with van der Waals surface area (Å²) in [7, 11) is -0.943. The van der Waals surface area contributed by atoms with E-state index < -0.39 is 16.7 Å². The van der Waals surface area contributed by atoms with E-state index in [9.17, 15) is 9.00 Å². The lowest BCUT2D eigenvalue weighted by Gasteiger charge is -2.12. The zero-order valence-corrected chi connectivity index (χ0v) is 10.3. The molecule has 3 atom stereocenters. The molecule has 0 saturated carbocycles. The van der Waals surface area contributed by atoms with E-state index >= 15 is 0 Å². The van der Waals surface area contributed by atoms with Crippen molar-refractivity contribution in [1.82, 2.24) is 5.32 Å². The number of hydrogen-bond donors (Lipinski definition) is 1. The minimum Gasteiger partial charge on any atom is -0.354 e. The van der Waals surface area contributed by atoms with Crippen molar-refractivity contribution in [3.63, 3.8) is 0 Å². The van der Waals surface area contributed by atoms with Crippen LogP contribution in [-0.4, -0.2) is 28.2 Å². The predicted molar refractivity (Wildman–Crippen MR) is 60.5 cm³/mol. The average molecular weight is 230 g/mol. The fourth-order valence-electron chi connectivity index (χ4n) is 1.03. The highest BCUT2D eigenvalue weighted by Gasteiger charge is 2.17. The second-order valence-electron chi connectivity index (χ2n) is 3.52. The summed E-state index contributed by atoms with van der Waals surface area (Å²) in [6.45, 7) is 4.10. The molecule has 0 aliphatic carbocycles. The number of rotatable bonds is 6. The Morgan fingerprint density at radius 3 is 2.60 bits per heavy atom. The normalized spacial score (nSPS) is 16.1. The van der Waals surface area contributed by atoms with E-state index in [1.54, 1.807) is 13.2 Å². The van der Waals surface area contributed by atoms with Crippen molar-refractivity contribution in [3.05, 3.63) is 0 Å². The van der Waals surface area contributed by atoms with Crippen molar-refractivity contribution in [1.29, 1.82) is 5.26 Å². The van der Waals surface area contributed by atoms with Crippen LogP contribution in [0.2, 0.25) is 0 Å². The first-order valence-electron chi connectivity index (χ1n) is 5.02. The van der Waals surface area contributed by atoms with Crippen molar-refractivity contribution in [2.45, 2.75) is 31.9 Å². The molecule has 86 valence electrons. The lowest BCUT2D eigenvalue weighted by atomic mass is 10.1. The molecule has 0 saturated heterocycles. The molecule has 0 aliphatic heterocycles. The molecular formula is C10H18N2O2S. The number of nitrogens with one attached hydrogen (secondary N) is 1. The molecule has 0 rings (SSSR count). The van der Waals surface area contributed by atoms with Gasteiger partial charge in [-0.05, 0) is 13.3 Å². The minimum atomic E-state index is -0.943. The van der Waals surface area contributed by atoms with E-state index in [4.69, 9.17) is 5.26 Å². The maximum absolute atomic E-state index is 11.5. The van der Waals surface area contributed by atoms with Crippen LogP contribution in [0.15, 0.2) is 0 Å². The molecule has 0 aliphatic rings. The van der Waals surface area contributed by atoms with Gasteiger partial charge >= 0.3 is 0 Å². The topological polar surface area (TPSA) is 70.0 Å². The highest BCUT2D eigenvalue weighted by molar-refractivity contribution is 7.84. The van der Waals surface area contributed by atoms with E-state index in [0.717, 1.165) is 6.42 Å². The molecule has 0 aromatic carbocycles. The maximum Gasteiger partial charge on any atom is 0.237 e. The van der Waals surface area contributed by atoms with Crippen molar-refractivity contribution < 1.29 is 9.00 Å². The van der Waals surface area contributed by atoms with Gasteiger partial charge in [0.25, 0.3) is 0 Å². The lowest BCUT2D eigenvalue weighted by Crippen LogP contribution is -2.36. The van der Waals surface area contributed by atoms with Crippen LogP contribution in [0.1, 0.15) is 26.7 Å². The summed E-state index contributed by atoms with van der Waals surface area (Å²) in [6.07, 6.45) is 2.98. The molecule has 0 heterocycles. The molecule has 5 heteroatoms. The van der Waals surface area contributed by atoms with Gasteiger partial charge in [-0.25, -0.2) is 0 Å². The first-order valence-corrected chi connectivity index (χ1v) is 6.64. The molecule has 0 aromatic heterocycles. The van der Waals surface area contributed by atoms with E-state index in [0.29, 0.717) is 13.0 Å². The summed E-state index contributed by atoms with van der Waals surface area (Å²) in [6, 6.07) is 1.97. The fourth-order valence-corrected chi connectivity index (χ4v) is 1.35. The third-order valence-electron chi connectivity index (χ3n) is 2.18. The van der Waals surface area contributed by atoms with E-state index in [1.807, 2.05) is 13.0 Å². The first kappa shape index (κ1) is 14.1. The molecule has 0 aromatic rings. The summed E-state index contributed by atoms with van der Waals surface area (Å²) in [5.41, 5.74) is 0.